The Hall–Kier alpha value is -2.33. The van der Waals surface area contributed by atoms with Crippen molar-refractivity contribution in [3.8, 4) is 0 Å². The Morgan fingerprint density at radius 3 is 2.04 bits per heavy atom. The highest BCUT2D eigenvalue weighted by molar-refractivity contribution is 5.82. The summed E-state index contributed by atoms with van der Waals surface area (Å²) in [6.07, 6.45) is 0.985. The third kappa shape index (κ3) is 6.10. The van der Waals surface area contributed by atoms with E-state index in [-0.39, 0.29) is 5.97 Å². The van der Waals surface area contributed by atoms with Gasteiger partial charge in [-0.25, -0.2) is 4.79 Å². The molecule has 2 aromatic carbocycles. The van der Waals surface area contributed by atoms with E-state index in [2.05, 4.69) is 35.8 Å². The summed E-state index contributed by atoms with van der Waals surface area (Å²) in [5.41, 5.74) is 2.00. The van der Waals surface area contributed by atoms with Gasteiger partial charge in [0.05, 0.1) is 6.61 Å². The molecule has 0 aliphatic carbocycles. The zero-order valence-corrected chi connectivity index (χ0v) is 16.8. The first-order valence-electron chi connectivity index (χ1n) is 9.96. The van der Waals surface area contributed by atoms with E-state index < -0.39 is 6.04 Å². The van der Waals surface area contributed by atoms with Gasteiger partial charge in [-0.05, 0) is 50.7 Å². The smallest absolute Gasteiger partial charge is 0.333 e. The van der Waals surface area contributed by atoms with E-state index in [1.165, 1.54) is 0 Å². The zero-order valence-electron chi connectivity index (χ0n) is 16.8. The van der Waals surface area contributed by atoms with E-state index in [1.54, 1.807) is 0 Å². The van der Waals surface area contributed by atoms with Crippen molar-refractivity contribution in [2.75, 3.05) is 37.7 Å². The molecule has 0 spiro atoms. The third-order valence-electron chi connectivity index (χ3n) is 4.79. The molecule has 2 rings (SSSR count). The fourth-order valence-corrected chi connectivity index (χ4v) is 3.33. The van der Waals surface area contributed by atoms with Gasteiger partial charge in [0, 0.05) is 12.2 Å². The number of esters is 1. The summed E-state index contributed by atoms with van der Waals surface area (Å²) in [7, 11) is 0. The minimum atomic E-state index is -0.440. The molecule has 0 amide bonds. The van der Waals surface area contributed by atoms with Crippen LogP contribution in [0.2, 0.25) is 0 Å². The number of carbonyl (C=O) groups excluding carboxylic acids is 1. The van der Waals surface area contributed by atoms with Crippen molar-refractivity contribution in [2.45, 2.75) is 33.2 Å². The quantitative estimate of drug-likeness (QED) is 0.546. The molecule has 0 heterocycles. The van der Waals surface area contributed by atoms with Crippen molar-refractivity contribution in [2.24, 2.45) is 0 Å². The van der Waals surface area contributed by atoms with Crippen molar-refractivity contribution >= 4 is 11.7 Å². The lowest BCUT2D eigenvalue weighted by Gasteiger charge is -2.33. The standard InChI is InChI=1S/C23H32N2O2/c1-4-24(5-2)18-13-19-25(21-16-11-8-12-17-21)22(23(26)27-6-3)20-14-9-7-10-15-20/h7-12,14-17,22H,4-6,13,18-19H2,1-3H3. The molecule has 0 saturated carbocycles. The molecule has 4 heteroatoms. The largest absolute Gasteiger partial charge is 0.464 e. The van der Waals surface area contributed by atoms with Crippen LogP contribution in [0, 0.1) is 0 Å². The first kappa shape index (κ1) is 21.0. The highest BCUT2D eigenvalue weighted by Crippen LogP contribution is 2.28. The summed E-state index contributed by atoms with van der Waals surface area (Å²) in [5.74, 6) is -0.199. The van der Waals surface area contributed by atoms with E-state index in [9.17, 15) is 4.79 Å². The average molecular weight is 369 g/mol. The van der Waals surface area contributed by atoms with Crippen molar-refractivity contribution in [1.82, 2.24) is 4.90 Å². The predicted octanol–water partition coefficient (Wildman–Crippen LogP) is 4.53. The summed E-state index contributed by atoms with van der Waals surface area (Å²) in [6, 6.07) is 19.6. The summed E-state index contributed by atoms with van der Waals surface area (Å²) in [4.78, 5) is 17.5. The number of nitrogens with zero attached hydrogens (tertiary/aromatic N) is 2. The summed E-state index contributed by atoms with van der Waals surface area (Å²) >= 11 is 0. The number of para-hydroxylation sites is 1. The number of hydrogen-bond acceptors (Lipinski definition) is 4. The van der Waals surface area contributed by atoms with Gasteiger partial charge in [0.25, 0.3) is 0 Å². The zero-order chi connectivity index (χ0) is 19.5. The van der Waals surface area contributed by atoms with Gasteiger partial charge in [-0.1, -0.05) is 62.4 Å². The maximum Gasteiger partial charge on any atom is 0.333 e. The van der Waals surface area contributed by atoms with Crippen LogP contribution in [0.1, 0.15) is 38.8 Å². The minimum absolute atomic E-state index is 0.199. The van der Waals surface area contributed by atoms with Crippen molar-refractivity contribution in [3.05, 3.63) is 66.2 Å². The van der Waals surface area contributed by atoms with Crippen LogP contribution in [0.4, 0.5) is 5.69 Å². The van der Waals surface area contributed by atoms with Crippen LogP contribution in [-0.2, 0) is 9.53 Å². The fourth-order valence-electron chi connectivity index (χ4n) is 3.33. The molecule has 0 fully saturated rings. The molecule has 0 aromatic heterocycles. The van der Waals surface area contributed by atoms with Crippen molar-refractivity contribution in [3.63, 3.8) is 0 Å². The topological polar surface area (TPSA) is 32.8 Å². The summed E-state index contributed by atoms with van der Waals surface area (Å²) < 4.78 is 5.44. The second-order valence-electron chi connectivity index (χ2n) is 6.47. The van der Waals surface area contributed by atoms with Gasteiger partial charge >= 0.3 is 5.97 Å². The first-order valence-corrected chi connectivity index (χ1v) is 9.96. The maximum atomic E-state index is 12.9. The predicted molar refractivity (Wildman–Crippen MR) is 112 cm³/mol. The highest BCUT2D eigenvalue weighted by atomic mass is 16.5. The SMILES string of the molecule is CCOC(=O)C(c1ccccc1)N(CCCN(CC)CC)c1ccccc1. The minimum Gasteiger partial charge on any atom is -0.464 e. The third-order valence-corrected chi connectivity index (χ3v) is 4.79. The van der Waals surface area contributed by atoms with Crippen LogP contribution in [0.15, 0.2) is 60.7 Å². The Labute approximate surface area is 163 Å². The molecule has 0 aliphatic rings. The number of anilines is 1. The monoisotopic (exact) mass is 368 g/mol. The molecule has 0 saturated heterocycles. The second kappa shape index (κ2) is 11.4. The van der Waals surface area contributed by atoms with Crippen LogP contribution in [0.3, 0.4) is 0 Å². The number of benzene rings is 2. The van der Waals surface area contributed by atoms with Crippen molar-refractivity contribution in [1.29, 1.82) is 0 Å². The molecular formula is C23H32N2O2. The molecular weight excluding hydrogens is 336 g/mol. The van der Waals surface area contributed by atoms with Gasteiger partial charge in [-0.15, -0.1) is 0 Å². The Balaban J connectivity index is 2.30. The molecule has 27 heavy (non-hydrogen) atoms. The van der Waals surface area contributed by atoms with Crippen LogP contribution >= 0.6 is 0 Å². The molecule has 2 aromatic rings. The summed E-state index contributed by atoms with van der Waals surface area (Å²) in [5, 5.41) is 0. The van der Waals surface area contributed by atoms with Crippen LogP contribution in [0.25, 0.3) is 0 Å². The number of rotatable bonds is 11. The molecule has 1 unspecified atom stereocenters. The van der Waals surface area contributed by atoms with E-state index in [0.29, 0.717) is 6.61 Å². The van der Waals surface area contributed by atoms with E-state index in [4.69, 9.17) is 4.74 Å². The van der Waals surface area contributed by atoms with Gasteiger partial charge in [0.2, 0.25) is 0 Å². The number of carbonyl (C=O) groups is 1. The Kier molecular flexibility index (Phi) is 8.85. The lowest BCUT2D eigenvalue weighted by molar-refractivity contribution is -0.145. The van der Waals surface area contributed by atoms with Gasteiger partial charge < -0.3 is 14.5 Å². The molecule has 0 radical (unpaired) electrons. The molecule has 0 aliphatic heterocycles. The van der Waals surface area contributed by atoms with Crippen LogP contribution in [-0.4, -0.2) is 43.7 Å². The van der Waals surface area contributed by atoms with Crippen molar-refractivity contribution < 1.29 is 9.53 Å². The van der Waals surface area contributed by atoms with Gasteiger partial charge in [-0.3, -0.25) is 0 Å². The molecule has 146 valence electrons. The van der Waals surface area contributed by atoms with Gasteiger partial charge in [-0.2, -0.15) is 0 Å². The highest BCUT2D eigenvalue weighted by Gasteiger charge is 2.29. The Morgan fingerprint density at radius 2 is 1.48 bits per heavy atom. The molecule has 1 atom stereocenters. The molecule has 4 nitrogen and oxygen atoms in total. The number of hydrogen-bond donors (Lipinski definition) is 0. The van der Waals surface area contributed by atoms with Gasteiger partial charge in [0.15, 0.2) is 6.04 Å². The normalized spacial score (nSPS) is 12.0. The first-order chi connectivity index (χ1) is 13.2. The molecule has 0 bridgehead atoms. The lowest BCUT2D eigenvalue weighted by atomic mass is 10.0. The Morgan fingerprint density at radius 1 is 0.889 bits per heavy atom. The molecule has 0 N–H and O–H groups in total. The van der Waals surface area contributed by atoms with E-state index >= 15 is 0 Å². The second-order valence-corrected chi connectivity index (χ2v) is 6.47. The fraction of sp³-hybridized carbons (Fsp3) is 0.435. The van der Waals surface area contributed by atoms with E-state index in [0.717, 1.165) is 43.9 Å². The Bertz CT molecular complexity index is 657. The van der Waals surface area contributed by atoms with Crippen LogP contribution in [0.5, 0.6) is 0 Å². The average Bonchev–Trinajstić information content (AvgIpc) is 2.72. The van der Waals surface area contributed by atoms with Gasteiger partial charge in [0.1, 0.15) is 0 Å². The maximum absolute atomic E-state index is 12.9. The number of ether oxygens (including phenoxy) is 1. The lowest BCUT2D eigenvalue weighted by Crippen LogP contribution is -2.37. The van der Waals surface area contributed by atoms with Crippen LogP contribution < -0.4 is 4.90 Å². The van der Waals surface area contributed by atoms with E-state index in [1.807, 2.05) is 55.5 Å². The summed E-state index contributed by atoms with van der Waals surface area (Å²) in [6.45, 7) is 10.5.